The lowest BCUT2D eigenvalue weighted by atomic mass is 10.1. The van der Waals surface area contributed by atoms with Crippen molar-refractivity contribution < 1.29 is 14.0 Å². The number of halogens is 2. The van der Waals surface area contributed by atoms with Crippen molar-refractivity contribution in [3.63, 3.8) is 0 Å². The highest BCUT2D eigenvalue weighted by Gasteiger charge is 2.17. The highest BCUT2D eigenvalue weighted by molar-refractivity contribution is 9.10. The molecule has 0 aromatic heterocycles. The highest BCUT2D eigenvalue weighted by Crippen LogP contribution is 2.23. The number of carbonyl (C=O) groups excluding carboxylic acids is 2. The van der Waals surface area contributed by atoms with E-state index in [0.29, 0.717) is 4.47 Å². The third-order valence-corrected chi connectivity index (χ3v) is 3.27. The van der Waals surface area contributed by atoms with Crippen molar-refractivity contribution in [3.8, 4) is 0 Å². The molecule has 3 N–H and O–H groups in total. The van der Waals surface area contributed by atoms with Crippen LogP contribution in [0.2, 0.25) is 0 Å². The van der Waals surface area contributed by atoms with Crippen molar-refractivity contribution in [1.29, 1.82) is 0 Å². The fourth-order valence-electron chi connectivity index (χ4n) is 1.43. The maximum atomic E-state index is 13.2. The zero-order chi connectivity index (χ0) is 14.6. The van der Waals surface area contributed by atoms with Gasteiger partial charge in [0, 0.05) is 31.5 Å². The molecule has 0 fully saturated rings. The van der Waals surface area contributed by atoms with Gasteiger partial charge in [0.2, 0.25) is 5.91 Å². The van der Waals surface area contributed by atoms with Crippen LogP contribution >= 0.6 is 15.9 Å². The monoisotopic (exact) mass is 331 g/mol. The number of rotatable bonds is 4. The van der Waals surface area contributed by atoms with E-state index in [1.54, 1.807) is 7.05 Å². The summed E-state index contributed by atoms with van der Waals surface area (Å²) in [5, 5.41) is 2.47. The Kier molecular flexibility index (Phi) is 5.29. The summed E-state index contributed by atoms with van der Waals surface area (Å²) in [6.07, 6.45) is 0.201. The van der Waals surface area contributed by atoms with E-state index in [0.717, 1.165) is 6.07 Å². The fraction of sp³-hybridized carbons (Fsp3) is 0.333. The molecule has 0 heterocycles. The van der Waals surface area contributed by atoms with E-state index in [1.807, 2.05) is 0 Å². The van der Waals surface area contributed by atoms with Crippen molar-refractivity contribution in [2.24, 2.45) is 0 Å². The Morgan fingerprint density at radius 3 is 2.68 bits per heavy atom. The quantitative estimate of drug-likeness (QED) is 0.818. The van der Waals surface area contributed by atoms with Gasteiger partial charge in [0.05, 0.1) is 11.3 Å². The molecule has 7 heteroatoms. The number of carbonyl (C=O) groups is 2. The van der Waals surface area contributed by atoms with Crippen LogP contribution in [0.3, 0.4) is 0 Å². The molecule has 5 nitrogen and oxygen atoms in total. The second kappa shape index (κ2) is 6.51. The van der Waals surface area contributed by atoms with Crippen molar-refractivity contribution in [1.82, 2.24) is 10.2 Å². The summed E-state index contributed by atoms with van der Waals surface area (Å²) in [5.74, 6) is -1.07. The van der Waals surface area contributed by atoms with E-state index in [-0.39, 0.29) is 36.0 Å². The molecule has 1 aromatic rings. The summed E-state index contributed by atoms with van der Waals surface area (Å²) < 4.78 is 13.5. The Balaban J connectivity index is 2.82. The standard InChI is InChI=1S/C12H15BrFN3O2/c1-16-11(18)3-4-17(2)12(19)7-5-10(15)9(14)6-8(7)13/h5-6H,3-4,15H2,1-2H3,(H,16,18). The van der Waals surface area contributed by atoms with Gasteiger partial charge in [0.15, 0.2) is 0 Å². The third-order valence-electron chi connectivity index (χ3n) is 2.62. The molecule has 0 saturated carbocycles. The largest absolute Gasteiger partial charge is 0.396 e. The van der Waals surface area contributed by atoms with Gasteiger partial charge in [-0.2, -0.15) is 0 Å². The Bertz CT molecular complexity index is 508. The van der Waals surface area contributed by atoms with E-state index < -0.39 is 5.82 Å². The molecule has 0 radical (unpaired) electrons. The second-order valence-electron chi connectivity index (χ2n) is 4.00. The molecule has 0 aliphatic rings. The van der Waals surface area contributed by atoms with Gasteiger partial charge >= 0.3 is 0 Å². The molecule has 1 aromatic carbocycles. The number of hydrogen-bond donors (Lipinski definition) is 2. The van der Waals surface area contributed by atoms with Gasteiger partial charge in [0.25, 0.3) is 5.91 Å². The molecule has 0 bridgehead atoms. The molecule has 19 heavy (non-hydrogen) atoms. The SMILES string of the molecule is CNC(=O)CCN(C)C(=O)c1cc(N)c(F)cc1Br. The van der Waals surface area contributed by atoms with Crippen LogP contribution in [0.25, 0.3) is 0 Å². The molecular formula is C12H15BrFN3O2. The van der Waals surface area contributed by atoms with E-state index in [2.05, 4.69) is 21.2 Å². The highest BCUT2D eigenvalue weighted by atomic mass is 79.9. The maximum Gasteiger partial charge on any atom is 0.254 e. The molecule has 0 aliphatic carbocycles. The smallest absolute Gasteiger partial charge is 0.254 e. The first kappa shape index (κ1) is 15.4. The van der Waals surface area contributed by atoms with Gasteiger partial charge < -0.3 is 16.0 Å². The minimum Gasteiger partial charge on any atom is -0.396 e. The minimum atomic E-state index is -0.587. The lowest BCUT2D eigenvalue weighted by molar-refractivity contribution is -0.120. The van der Waals surface area contributed by atoms with Crippen molar-refractivity contribution in [3.05, 3.63) is 28.0 Å². The summed E-state index contributed by atoms with van der Waals surface area (Å²) in [4.78, 5) is 24.6. The number of nitrogen functional groups attached to an aromatic ring is 1. The minimum absolute atomic E-state index is 0.0914. The fourth-order valence-corrected chi connectivity index (χ4v) is 1.92. The van der Waals surface area contributed by atoms with E-state index in [9.17, 15) is 14.0 Å². The van der Waals surface area contributed by atoms with Crippen molar-refractivity contribution >= 4 is 33.4 Å². The molecule has 2 amide bonds. The number of nitrogens with one attached hydrogen (secondary N) is 1. The summed E-state index contributed by atoms with van der Waals surface area (Å²) >= 11 is 3.12. The summed E-state index contributed by atoms with van der Waals surface area (Å²) in [6.45, 7) is 0.266. The van der Waals surface area contributed by atoms with Crippen molar-refractivity contribution in [2.75, 3.05) is 26.4 Å². The Morgan fingerprint density at radius 2 is 2.11 bits per heavy atom. The zero-order valence-corrected chi connectivity index (χ0v) is 12.3. The van der Waals surface area contributed by atoms with E-state index in [4.69, 9.17) is 5.73 Å². The average molecular weight is 332 g/mol. The number of nitrogens with two attached hydrogens (primary N) is 1. The van der Waals surface area contributed by atoms with Gasteiger partial charge in [-0.15, -0.1) is 0 Å². The van der Waals surface area contributed by atoms with Crippen LogP contribution in [0.4, 0.5) is 10.1 Å². The summed E-state index contributed by atoms with van der Waals surface area (Å²) in [7, 11) is 3.10. The number of nitrogens with zero attached hydrogens (tertiary/aromatic N) is 1. The predicted molar refractivity (Wildman–Crippen MR) is 74.2 cm³/mol. The van der Waals surface area contributed by atoms with Gasteiger partial charge in [-0.05, 0) is 28.1 Å². The lowest BCUT2D eigenvalue weighted by Gasteiger charge is -2.18. The van der Waals surface area contributed by atoms with Crippen molar-refractivity contribution in [2.45, 2.75) is 6.42 Å². The molecule has 0 spiro atoms. The van der Waals surface area contributed by atoms with Crippen LogP contribution in [0.15, 0.2) is 16.6 Å². The zero-order valence-electron chi connectivity index (χ0n) is 10.7. The predicted octanol–water partition coefficient (Wildman–Crippen LogP) is 1.38. The molecule has 1 rings (SSSR count). The molecular weight excluding hydrogens is 317 g/mol. The molecule has 104 valence electrons. The second-order valence-corrected chi connectivity index (χ2v) is 4.86. The van der Waals surface area contributed by atoms with Crippen LogP contribution in [-0.2, 0) is 4.79 Å². The molecule has 0 atom stereocenters. The van der Waals surface area contributed by atoms with Gasteiger partial charge in [-0.1, -0.05) is 0 Å². The Labute approximate surface area is 119 Å². The molecule has 0 aliphatic heterocycles. The maximum absolute atomic E-state index is 13.2. The van der Waals surface area contributed by atoms with E-state index in [1.165, 1.54) is 18.0 Å². The lowest BCUT2D eigenvalue weighted by Crippen LogP contribution is -2.31. The van der Waals surface area contributed by atoms with Crippen LogP contribution in [-0.4, -0.2) is 37.4 Å². The summed E-state index contributed by atoms with van der Waals surface area (Å²) in [6, 6.07) is 2.42. The normalized spacial score (nSPS) is 10.1. The van der Waals surface area contributed by atoms with Crippen LogP contribution in [0.1, 0.15) is 16.8 Å². The number of benzene rings is 1. The number of hydrogen-bond acceptors (Lipinski definition) is 3. The first-order valence-corrected chi connectivity index (χ1v) is 6.36. The molecule has 0 unspecified atom stereocenters. The van der Waals surface area contributed by atoms with Gasteiger partial charge in [0.1, 0.15) is 5.82 Å². The average Bonchev–Trinajstić information content (AvgIpc) is 2.38. The first-order chi connectivity index (χ1) is 8.86. The number of anilines is 1. The topological polar surface area (TPSA) is 75.4 Å². The van der Waals surface area contributed by atoms with Crippen LogP contribution in [0.5, 0.6) is 0 Å². The third kappa shape index (κ3) is 3.92. The summed E-state index contributed by atoms with van der Waals surface area (Å²) in [5.41, 5.74) is 5.61. The Morgan fingerprint density at radius 1 is 1.47 bits per heavy atom. The first-order valence-electron chi connectivity index (χ1n) is 5.57. The van der Waals surface area contributed by atoms with Gasteiger partial charge in [-0.3, -0.25) is 9.59 Å². The Hall–Kier alpha value is -1.63. The molecule has 0 saturated heterocycles. The van der Waals surface area contributed by atoms with Crippen LogP contribution < -0.4 is 11.1 Å². The number of amides is 2. The van der Waals surface area contributed by atoms with E-state index >= 15 is 0 Å². The van der Waals surface area contributed by atoms with Crippen LogP contribution in [0, 0.1) is 5.82 Å². The van der Waals surface area contributed by atoms with Gasteiger partial charge in [-0.25, -0.2) is 4.39 Å².